The Morgan fingerprint density at radius 3 is 2.72 bits per heavy atom. The number of hydrogen-bond donors (Lipinski definition) is 3. The van der Waals surface area contributed by atoms with E-state index in [2.05, 4.69) is 10.3 Å². The van der Waals surface area contributed by atoms with Crippen molar-refractivity contribution in [3.63, 3.8) is 0 Å². The van der Waals surface area contributed by atoms with E-state index in [4.69, 9.17) is 32.7 Å². The molecule has 0 aliphatic carbocycles. The Hall–Kier alpha value is -1.40. The molecule has 0 spiro atoms. The van der Waals surface area contributed by atoms with Crippen LogP contribution in [0.1, 0.15) is 23.5 Å². The maximum Gasteiger partial charge on any atom is 0.360 e. The molecule has 9 nitrogen and oxygen atoms in total. The number of hydrogen-bond acceptors (Lipinski definition) is 9. The van der Waals surface area contributed by atoms with Gasteiger partial charge < -0.3 is 24.8 Å². The molecule has 12 heteroatoms. The van der Waals surface area contributed by atoms with Gasteiger partial charge in [-0.05, 0) is 25.1 Å². The summed E-state index contributed by atoms with van der Waals surface area (Å²) < 4.78 is 11.7. The predicted molar refractivity (Wildman–Crippen MR) is 105 cm³/mol. The van der Waals surface area contributed by atoms with Crippen molar-refractivity contribution < 1.29 is 29.6 Å². The highest BCUT2D eigenvalue weighted by molar-refractivity contribution is 7.99. The number of aliphatic hydroxyl groups excluding tert-OH is 3. The van der Waals surface area contributed by atoms with Gasteiger partial charge in [-0.15, -0.1) is 5.10 Å². The summed E-state index contributed by atoms with van der Waals surface area (Å²) in [5.74, 6) is -0.671. The highest BCUT2D eigenvalue weighted by Gasteiger charge is 2.46. The normalized spacial score (nSPS) is 27.0. The monoisotopic (exact) mass is 463 g/mol. The van der Waals surface area contributed by atoms with Gasteiger partial charge in [0.05, 0.1) is 29.5 Å². The molecule has 1 aliphatic rings. The average molecular weight is 464 g/mol. The van der Waals surface area contributed by atoms with E-state index in [1.807, 2.05) is 0 Å². The van der Waals surface area contributed by atoms with Crippen LogP contribution < -0.4 is 0 Å². The second kappa shape index (κ2) is 9.61. The summed E-state index contributed by atoms with van der Waals surface area (Å²) in [4.78, 5) is 12.5. The van der Waals surface area contributed by atoms with Gasteiger partial charge in [-0.25, -0.2) is 9.48 Å². The van der Waals surface area contributed by atoms with Crippen molar-refractivity contribution in [1.82, 2.24) is 15.0 Å². The van der Waals surface area contributed by atoms with Crippen molar-refractivity contribution in [3.05, 3.63) is 40.1 Å². The number of halogens is 2. The van der Waals surface area contributed by atoms with Crippen LogP contribution in [0.25, 0.3) is 0 Å². The van der Waals surface area contributed by atoms with Crippen LogP contribution in [-0.4, -0.2) is 73.2 Å². The van der Waals surface area contributed by atoms with Crippen LogP contribution in [0.4, 0.5) is 0 Å². The van der Waals surface area contributed by atoms with Crippen LogP contribution in [-0.2, 0) is 9.47 Å². The summed E-state index contributed by atoms with van der Waals surface area (Å²) in [6.07, 6.45) is -2.25. The first kappa shape index (κ1) is 22.3. The number of nitrogens with zero attached hydrogens (tertiary/aromatic N) is 3. The van der Waals surface area contributed by atoms with Crippen LogP contribution in [0.3, 0.4) is 0 Å². The van der Waals surface area contributed by atoms with Gasteiger partial charge >= 0.3 is 5.97 Å². The topological polar surface area (TPSA) is 127 Å². The molecule has 29 heavy (non-hydrogen) atoms. The molecule has 0 radical (unpaired) electrons. The number of rotatable bonds is 6. The van der Waals surface area contributed by atoms with Gasteiger partial charge in [0.15, 0.2) is 5.69 Å². The third-order valence-electron chi connectivity index (χ3n) is 4.29. The Morgan fingerprint density at radius 2 is 2.07 bits per heavy atom. The van der Waals surface area contributed by atoms with Crippen molar-refractivity contribution in [3.8, 4) is 0 Å². The molecule has 3 rings (SSSR count). The van der Waals surface area contributed by atoms with Gasteiger partial charge in [0.1, 0.15) is 29.8 Å². The molecule has 1 aromatic carbocycles. The van der Waals surface area contributed by atoms with Crippen LogP contribution in [0, 0.1) is 0 Å². The quantitative estimate of drug-likeness (QED) is 0.546. The van der Waals surface area contributed by atoms with Crippen molar-refractivity contribution in [2.75, 3.05) is 13.2 Å². The summed E-state index contributed by atoms with van der Waals surface area (Å²) in [5, 5.41) is 39.3. The lowest BCUT2D eigenvalue weighted by atomic mass is 9.97. The van der Waals surface area contributed by atoms with Crippen molar-refractivity contribution in [2.24, 2.45) is 0 Å². The second-order valence-corrected chi connectivity index (χ2v) is 8.18. The molecule has 3 N–H and O–H groups in total. The predicted octanol–water partition coefficient (Wildman–Crippen LogP) is 1.53. The number of aromatic nitrogens is 3. The number of esters is 1. The lowest BCUT2D eigenvalue weighted by molar-refractivity contribution is -0.178. The summed E-state index contributed by atoms with van der Waals surface area (Å²) in [7, 11) is 0. The minimum atomic E-state index is -1.29. The fraction of sp³-hybridized carbons (Fsp3) is 0.471. The van der Waals surface area contributed by atoms with E-state index in [1.54, 1.807) is 25.1 Å². The first-order chi connectivity index (χ1) is 13.8. The molecule has 1 fully saturated rings. The van der Waals surface area contributed by atoms with Crippen LogP contribution in [0.15, 0.2) is 29.3 Å². The minimum absolute atomic E-state index is 0.0630. The highest BCUT2D eigenvalue weighted by Crippen LogP contribution is 2.39. The smallest absolute Gasteiger partial charge is 0.360 e. The average Bonchev–Trinajstić information content (AvgIpc) is 3.17. The molecule has 1 aliphatic heterocycles. The zero-order chi connectivity index (χ0) is 21.1. The molecular weight excluding hydrogens is 445 g/mol. The van der Waals surface area contributed by atoms with Crippen molar-refractivity contribution >= 4 is 40.9 Å². The van der Waals surface area contributed by atoms with E-state index in [0.717, 1.165) is 11.8 Å². The van der Waals surface area contributed by atoms with Gasteiger partial charge in [-0.2, -0.15) is 0 Å². The standard InChI is InChI=1S/C17H19Cl2N3O6S/c1-2-27-16(26)11-6-22(21-20-11)13-14(24)12(7-23)28-17(15(13)25)29-8-3-4-9(18)10(19)5-8/h3-6,12-15,17,23-25H,2,7H2,1H3/t12-,13+,14+,15-,17-/m1/s1. The van der Waals surface area contributed by atoms with E-state index in [-0.39, 0.29) is 12.3 Å². The number of carbonyl (C=O) groups excluding carboxylic acids is 1. The Kier molecular flexibility index (Phi) is 7.38. The maximum atomic E-state index is 11.8. The van der Waals surface area contributed by atoms with Gasteiger partial charge in [-0.1, -0.05) is 40.2 Å². The van der Waals surface area contributed by atoms with Crippen LogP contribution in [0.2, 0.25) is 10.0 Å². The van der Waals surface area contributed by atoms with Gasteiger partial charge in [0, 0.05) is 4.90 Å². The molecule has 0 bridgehead atoms. The van der Waals surface area contributed by atoms with E-state index in [9.17, 15) is 20.1 Å². The van der Waals surface area contributed by atoms with E-state index < -0.39 is 42.4 Å². The van der Waals surface area contributed by atoms with Crippen LogP contribution in [0.5, 0.6) is 0 Å². The molecule has 2 aromatic rings. The van der Waals surface area contributed by atoms with Gasteiger partial charge in [0.2, 0.25) is 0 Å². The minimum Gasteiger partial charge on any atom is -0.461 e. The van der Waals surface area contributed by atoms with Crippen LogP contribution >= 0.6 is 35.0 Å². The fourth-order valence-electron chi connectivity index (χ4n) is 2.88. The van der Waals surface area contributed by atoms with Gasteiger partial charge in [0.25, 0.3) is 0 Å². The number of aliphatic hydroxyl groups is 3. The maximum absolute atomic E-state index is 11.8. The van der Waals surface area contributed by atoms with E-state index >= 15 is 0 Å². The molecule has 158 valence electrons. The van der Waals surface area contributed by atoms with E-state index in [0.29, 0.717) is 14.9 Å². The Labute approximate surface area is 180 Å². The summed E-state index contributed by atoms with van der Waals surface area (Å²) in [6, 6.07) is 3.92. The molecule has 2 heterocycles. The second-order valence-electron chi connectivity index (χ2n) is 6.20. The number of thioether (sulfide) groups is 1. The molecule has 5 atom stereocenters. The zero-order valence-corrected chi connectivity index (χ0v) is 17.5. The third-order valence-corrected chi connectivity index (χ3v) is 6.18. The molecule has 0 amide bonds. The molecule has 0 unspecified atom stereocenters. The summed E-state index contributed by atoms with van der Waals surface area (Å²) in [6.45, 7) is 1.34. The highest BCUT2D eigenvalue weighted by atomic mass is 35.5. The third kappa shape index (κ3) is 4.85. The first-order valence-corrected chi connectivity index (χ1v) is 10.3. The Morgan fingerprint density at radius 1 is 1.31 bits per heavy atom. The zero-order valence-electron chi connectivity index (χ0n) is 15.2. The molecular formula is C17H19Cl2N3O6S. The van der Waals surface area contributed by atoms with Crippen molar-refractivity contribution in [1.29, 1.82) is 0 Å². The number of benzene rings is 1. The SMILES string of the molecule is CCOC(=O)c1cn([C@@H]2[C@@H](O)[C@@H](Sc3ccc(Cl)c(Cl)c3)O[C@H](CO)[C@@H]2O)nn1. The van der Waals surface area contributed by atoms with Gasteiger partial charge in [-0.3, -0.25) is 0 Å². The molecule has 0 saturated carbocycles. The van der Waals surface area contributed by atoms with Crippen molar-refractivity contribution in [2.45, 2.75) is 41.6 Å². The number of ether oxygens (including phenoxy) is 2. The fourth-order valence-corrected chi connectivity index (χ4v) is 4.35. The summed E-state index contributed by atoms with van der Waals surface area (Å²) in [5.41, 5.74) is -0.931. The Balaban J connectivity index is 1.85. The molecule has 1 saturated heterocycles. The summed E-state index contributed by atoms with van der Waals surface area (Å²) >= 11 is 13.1. The largest absolute Gasteiger partial charge is 0.461 e. The first-order valence-electron chi connectivity index (χ1n) is 8.68. The number of carbonyl (C=O) groups is 1. The van der Waals surface area contributed by atoms with E-state index in [1.165, 1.54) is 10.9 Å². The molecule has 1 aromatic heterocycles. The lowest BCUT2D eigenvalue weighted by Crippen LogP contribution is -2.55. The lowest BCUT2D eigenvalue weighted by Gasteiger charge is -2.41. The Bertz CT molecular complexity index is 869.